The second kappa shape index (κ2) is 7.98. The summed E-state index contributed by atoms with van der Waals surface area (Å²) >= 11 is 5.85. The number of ether oxygens (including phenoxy) is 1. The maximum atomic E-state index is 13.5. The van der Waals surface area contributed by atoms with Crippen LogP contribution in [0.3, 0.4) is 0 Å². The number of nitrogens with zero attached hydrogens (tertiary/aromatic N) is 3. The van der Waals surface area contributed by atoms with Crippen LogP contribution in [-0.2, 0) is 6.54 Å². The van der Waals surface area contributed by atoms with E-state index in [2.05, 4.69) is 0 Å². The third-order valence-corrected chi connectivity index (χ3v) is 6.03. The predicted octanol–water partition coefficient (Wildman–Crippen LogP) is 3.39. The molecule has 4 rings (SSSR count). The molecule has 0 aliphatic carbocycles. The Morgan fingerprint density at radius 1 is 1.34 bits per heavy atom. The minimum atomic E-state index is -1.25. The molecule has 2 aromatic heterocycles. The summed E-state index contributed by atoms with van der Waals surface area (Å²) in [6.45, 7) is 4.51. The maximum absolute atomic E-state index is 13.5. The van der Waals surface area contributed by atoms with E-state index < -0.39 is 17.3 Å². The van der Waals surface area contributed by atoms with Crippen molar-refractivity contribution < 1.29 is 23.8 Å². The topological polar surface area (TPSA) is 93.8 Å². The highest BCUT2D eigenvalue weighted by Gasteiger charge is 2.37. The number of aromatic carboxylic acids is 1. The van der Waals surface area contributed by atoms with Gasteiger partial charge in [-0.2, -0.15) is 0 Å². The van der Waals surface area contributed by atoms with Crippen molar-refractivity contribution >= 4 is 34.4 Å². The number of benzene rings is 1. The summed E-state index contributed by atoms with van der Waals surface area (Å²) < 4.78 is 21.8. The van der Waals surface area contributed by atoms with E-state index in [0.717, 1.165) is 0 Å². The molecule has 1 aliphatic rings. The van der Waals surface area contributed by atoms with Crippen molar-refractivity contribution in [3.8, 4) is 5.75 Å². The molecule has 0 bridgehead atoms. The Bertz CT molecular complexity index is 1330. The maximum Gasteiger partial charge on any atom is 0.339 e. The Morgan fingerprint density at radius 2 is 2.06 bits per heavy atom. The van der Waals surface area contributed by atoms with Crippen LogP contribution in [0.2, 0.25) is 5.02 Å². The highest BCUT2D eigenvalue weighted by atomic mass is 35.5. The van der Waals surface area contributed by atoms with Gasteiger partial charge in [0.1, 0.15) is 16.8 Å². The normalized spacial score (nSPS) is 15.8. The fraction of sp³-hybridized carbons (Fsp3) is 0.318. The number of aromatic nitrogens is 2. The quantitative estimate of drug-likeness (QED) is 0.628. The Kier molecular flexibility index (Phi) is 5.46. The summed E-state index contributed by atoms with van der Waals surface area (Å²) in [4.78, 5) is 40.4. The lowest BCUT2D eigenvalue weighted by molar-refractivity contribution is 0.0673. The minimum Gasteiger partial charge on any atom is -0.493 e. The average Bonchev–Trinajstić information content (AvgIpc) is 3.11. The summed E-state index contributed by atoms with van der Waals surface area (Å²) in [5, 5.41) is 9.86. The number of halogens is 2. The first-order valence-corrected chi connectivity index (χ1v) is 10.4. The molecule has 3 heterocycles. The zero-order valence-electron chi connectivity index (χ0n) is 17.7. The van der Waals surface area contributed by atoms with Crippen molar-refractivity contribution in [1.82, 2.24) is 14.0 Å². The first-order chi connectivity index (χ1) is 15.2. The van der Waals surface area contributed by atoms with E-state index in [4.69, 9.17) is 16.3 Å². The second-order valence-electron chi connectivity index (χ2n) is 7.70. The molecular weight excluding hydrogens is 441 g/mol. The molecule has 1 amide bonds. The molecular formula is C22H21ClFN3O5. The molecule has 1 atom stereocenters. The van der Waals surface area contributed by atoms with E-state index in [1.54, 1.807) is 9.47 Å². The standard InChI is InChI=1S/C22H21ClFN3O5/c1-4-25-8-11(2)27-17-13(22(30)31)10-26(9-12-5-6-15(24)14(23)7-12)20(28)16(17)19(32-3)18(27)21(25)29/h5-7,10-11H,4,8-9H2,1-3H3,(H,30,31)/t11-/m0/s1. The average molecular weight is 462 g/mol. The summed E-state index contributed by atoms with van der Waals surface area (Å²) in [7, 11) is 1.34. The molecule has 1 aliphatic heterocycles. The monoisotopic (exact) mass is 461 g/mol. The van der Waals surface area contributed by atoms with Crippen molar-refractivity contribution in [3.63, 3.8) is 0 Å². The van der Waals surface area contributed by atoms with Crippen molar-refractivity contribution in [2.45, 2.75) is 26.4 Å². The fourth-order valence-corrected chi connectivity index (χ4v) is 4.51. The Morgan fingerprint density at radius 3 is 2.66 bits per heavy atom. The zero-order valence-corrected chi connectivity index (χ0v) is 18.4. The Labute approximate surface area is 187 Å². The van der Waals surface area contributed by atoms with E-state index >= 15 is 0 Å². The molecule has 0 unspecified atom stereocenters. The van der Waals surface area contributed by atoms with Gasteiger partial charge in [0.25, 0.3) is 11.5 Å². The van der Waals surface area contributed by atoms with E-state index in [0.29, 0.717) is 18.7 Å². The van der Waals surface area contributed by atoms with Crippen LogP contribution in [0.1, 0.15) is 46.3 Å². The first kappa shape index (κ1) is 21.9. The van der Waals surface area contributed by atoms with Crippen LogP contribution >= 0.6 is 11.6 Å². The molecule has 0 saturated heterocycles. The molecule has 1 N–H and O–H groups in total. The lowest BCUT2D eigenvalue weighted by Crippen LogP contribution is -2.42. The zero-order chi connectivity index (χ0) is 23.3. The highest BCUT2D eigenvalue weighted by Crippen LogP contribution is 2.39. The first-order valence-electron chi connectivity index (χ1n) is 10.0. The SMILES string of the molecule is CCN1C[C@H](C)n2c(c(OC)c3c(=O)n(Cc4ccc(F)c(Cl)c4)cc(C(=O)O)c32)C1=O. The number of hydrogen-bond donors (Lipinski definition) is 1. The van der Waals surface area contributed by atoms with Gasteiger partial charge < -0.3 is 23.9 Å². The molecule has 10 heteroatoms. The van der Waals surface area contributed by atoms with Crippen LogP contribution in [0.4, 0.5) is 4.39 Å². The third kappa shape index (κ3) is 3.24. The van der Waals surface area contributed by atoms with Crippen LogP contribution < -0.4 is 10.3 Å². The van der Waals surface area contributed by atoms with Crippen molar-refractivity contribution in [1.29, 1.82) is 0 Å². The van der Waals surface area contributed by atoms with Gasteiger partial charge in [0.05, 0.1) is 24.2 Å². The van der Waals surface area contributed by atoms with Gasteiger partial charge in [0, 0.05) is 25.3 Å². The van der Waals surface area contributed by atoms with Gasteiger partial charge in [-0.25, -0.2) is 9.18 Å². The molecule has 0 fully saturated rings. The fourth-order valence-electron chi connectivity index (χ4n) is 4.30. The van der Waals surface area contributed by atoms with Crippen LogP contribution in [0, 0.1) is 5.82 Å². The largest absolute Gasteiger partial charge is 0.493 e. The lowest BCUT2D eigenvalue weighted by atomic mass is 10.1. The van der Waals surface area contributed by atoms with Gasteiger partial charge in [-0.1, -0.05) is 17.7 Å². The van der Waals surface area contributed by atoms with Gasteiger partial charge in [-0.15, -0.1) is 0 Å². The molecule has 0 saturated carbocycles. The summed E-state index contributed by atoms with van der Waals surface area (Å²) in [5.74, 6) is -2.12. The van der Waals surface area contributed by atoms with Gasteiger partial charge in [-0.05, 0) is 31.5 Å². The van der Waals surface area contributed by atoms with Crippen LogP contribution in [0.15, 0.2) is 29.2 Å². The number of carbonyl (C=O) groups is 2. The smallest absolute Gasteiger partial charge is 0.339 e. The second-order valence-corrected chi connectivity index (χ2v) is 8.10. The lowest BCUT2D eigenvalue weighted by Gasteiger charge is -2.32. The summed E-state index contributed by atoms with van der Waals surface area (Å²) in [6, 6.07) is 3.75. The highest BCUT2D eigenvalue weighted by molar-refractivity contribution is 6.30. The van der Waals surface area contributed by atoms with E-state index in [1.165, 1.54) is 36.1 Å². The molecule has 1 aromatic carbocycles. The number of hydrogen-bond acceptors (Lipinski definition) is 4. The van der Waals surface area contributed by atoms with E-state index in [-0.39, 0.29) is 51.4 Å². The number of pyridine rings is 1. The van der Waals surface area contributed by atoms with Gasteiger partial charge in [0.15, 0.2) is 11.4 Å². The molecule has 168 valence electrons. The Balaban J connectivity index is 2.04. The number of likely N-dealkylation sites (N-methyl/N-ethyl adjacent to an activating group) is 1. The van der Waals surface area contributed by atoms with Crippen molar-refractivity contribution in [2.24, 2.45) is 0 Å². The number of carboxylic acids is 1. The van der Waals surface area contributed by atoms with Crippen LogP contribution in [0.5, 0.6) is 5.75 Å². The van der Waals surface area contributed by atoms with E-state index in [9.17, 15) is 23.9 Å². The number of methoxy groups -OCH3 is 1. The molecule has 3 aromatic rings. The number of fused-ring (bicyclic) bond motifs is 3. The number of carbonyl (C=O) groups excluding carboxylic acids is 1. The number of amides is 1. The molecule has 0 radical (unpaired) electrons. The molecule has 0 spiro atoms. The van der Waals surface area contributed by atoms with Gasteiger partial charge in [-0.3, -0.25) is 9.59 Å². The van der Waals surface area contributed by atoms with Crippen LogP contribution in [-0.4, -0.2) is 51.2 Å². The van der Waals surface area contributed by atoms with Gasteiger partial charge >= 0.3 is 5.97 Å². The number of rotatable bonds is 5. The van der Waals surface area contributed by atoms with Crippen molar-refractivity contribution in [2.75, 3.05) is 20.2 Å². The third-order valence-electron chi connectivity index (χ3n) is 5.74. The number of carboxylic acid groups (broad SMARTS) is 1. The van der Waals surface area contributed by atoms with E-state index in [1.807, 2.05) is 13.8 Å². The van der Waals surface area contributed by atoms with Gasteiger partial charge in [0.2, 0.25) is 0 Å². The predicted molar refractivity (Wildman–Crippen MR) is 117 cm³/mol. The summed E-state index contributed by atoms with van der Waals surface area (Å²) in [6.07, 6.45) is 1.24. The molecule has 8 nitrogen and oxygen atoms in total. The Hall–Kier alpha value is -3.33. The minimum absolute atomic E-state index is 0.0220. The van der Waals surface area contributed by atoms with Crippen LogP contribution in [0.25, 0.3) is 10.9 Å². The molecule has 32 heavy (non-hydrogen) atoms. The summed E-state index contributed by atoms with van der Waals surface area (Å²) in [5.41, 5.74) is 0.164. The van der Waals surface area contributed by atoms with Crippen molar-refractivity contribution in [3.05, 3.63) is 62.4 Å².